The minimum atomic E-state index is 0.233. The third-order valence-corrected chi connectivity index (χ3v) is 2.11. The highest BCUT2D eigenvalue weighted by molar-refractivity contribution is 5.88. The molecule has 0 bridgehead atoms. The molecule has 2 aromatic rings. The average Bonchev–Trinajstić information content (AvgIpc) is 2.49. The zero-order chi connectivity index (χ0) is 10.1. The van der Waals surface area contributed by atoms with E-state index in [9.17, 15) is 5.11 Å². The van der Waals surface area contributed by atoms with Crippen molar-refractivity contribution in [2.75, 3.05) is 0 Å². The highest BCUT2D eigenvalue weighted by Gasteiger charge is 2.08. The molecular weight excluding hydrogens is 178 g/mol. The lowest BCUT2D eigenvalue weighted by Crippen LogP contribution is -1.75. The van der Waals surface area contributed by atoms with Crippen molar-refractivity contribution < 1.29 is 9.63 Å². The number of nitrogens with zero attached hydrogens (tertiary/aromatic N) is 1. The lowest BCUT2D eigenvalue weighted by atomic mass is 10.1. The van der Waals surface area contributed by atoms with Gasteiger partial charge in [0.1, 0.15) is 5.75 Å². The number of allylic oxidation sites excluding steroid dienone is 1. The Balaban J connectivity index is 2.81. The van der Waals surface area contributed by atoms with Crippen LogP contribution in [0.15, 0.2) is 22.7 Å². The fourth-order valence-electron chi connectivity index (χ4n) is 1.47. The SMILES string of the molecule is CC=Cc1cc(O)cc2c(C)noc12. The van der Waals surface area contributed by atoms with Crippen LogP contribution >= 0.6 is 0 Å². The van der Waals surface area contributed by atoms with Crippen molar-refractivity contribution in [1.29, 1.82) is 0 Å². The van der Waals surface area contributed by atoms with Crippen LogP contribution in [-0.4, -0.2) is 10.3 Å². The van der Waals surface area contributed by atoms with Crippen LogP contribution in [0, 0.1) is 6.92 Å². The van der Waals surface area contributed by atoms with Gasteiger partial charge in [-0.05, 0) is 26.0 Å². The first-order valence-electron chi connectivity index (χ1n) is 4.44. The van der Waals surface area contributed by atoms with Crippen LogP contribution in [-0.2, 0) is 0 Å². The number of phenolic OH excluding ortho intramolecular Hbond substituents is 1. The van der Waals surface area contributed by atoms with Gasteiger partial charge in [0.2, 0.25) is 0 Å². The van der Waals surface area contributed by atoms with Crippen LogP contribution < -0.4 is 0 Å². The van der Waals surface area contributed by atoms with Crippen molar-refractivity contribution in [3.8, 4) is 5.75 Å². The smallest absolute Gasteiger partial charge is 0.174 e. The van der Waals surface area contributed by atoms with Gasteiger partial charge in [-0.3, -0.25) is 0 Å². The fourth-order valence-corrected chi connectivity index (χ4v) is 1.47. The molecule has 0 saturated carbocycles. The van der Waals surface area contributed by atoms with Gasteiger partial charge in [-0.1, -0.05) is 17.3 Å². The molecule has 1 aromatic carbocycles. The van der Waals surface area contributed by atoms with Crippen LogP contribution in [0.4, 0.5) is 0 Å². The molecule has 1 heterocycles. The number of hydrogen-bond donors (Lipinski definition) is 1. The fraction of sp³-hybridized carbons (Fsp3) is 0.182. The van der Waals surface area contributed by atoms with Crippen LogP contribution in [0.3, 0.4) is 0 Å². The highest BCUT2D eigenvalue weighted by atomic mass is 16.5. The van der Waals surface area contributed by atoms with E-state index in [1.807, 2.05) is 26.0 Å². The van der Waals surface area contributed by atoms with E-state index in [1.54, 1.807) is 12.1 Å². The maximum Gasteiger partial charge on any atom is 0.174 e. The van der Waals surface area contributed by atoms with Crippen molar-refractivity contribution in [3.05, 3.63) is 29.5 Å². The third kappa shape index (κ3) is 1.27. The number of aryl methyl sites for hydroxylation is 1. The minimum Gasteiger partial charge on any atom is -0.508 e. The molecule has 3 heteroatoms. The Morgan fingerprint density at radius 3 is 2.93 bits per heavy atom. The first kappa shape index (κ1) is 8.81. The Morgan fingerprint density at radius 2 is 2.21 bits per heavy atom. The van der Waals surface area contributed by atoms with Gasteiger partial charge in [0.05, 0.1) is 5.69 Å². The second kappa shape index (κ2) is 3.18. The van der Waals surface area contributed by atoms with E-state index in [-0.39, 0.29) is 5.75 Å². The van der Waals surface area contributed by atoms with Crippen LogP contribution in [0.1, 0.15) is 18.2 Å². The maximum atomic E-state index is 9.48. The van der Waals surface area contributed by atoms with E-state index in [2.05, 4.69) is 5.16 Å². The van der Waals surface area contributed by atoms with Crippen molar-refractivity contribution in [1.82, 2.24) is 5.16 Å². The van der Waals surface area contributed by atoms with E-state index in [0.29, 0.717) is 0 Å². The second-order valence-corrected chi connectivity index (χ2v) is 3.18. The van der Waals surface area contributed by atoms with Gasteiger partial charge in [0.25, 0.3) is 0 Å². The molecular formula is C11H11NO2. The summed E-state index contributed by atoms with van der Waals surface area (Å²) in [4.78, 5) is 0. The molecule has 0 unspecified atom stereocenters. The van der Waals surface area contributed by atoms with Gasteiger partial charge in [0, 0.05) is 10.9 Å². The first-order valence-corrected chi connectivity index (χ1v) is 4.44. The summed E-state index contributed by atoms with van der Waals surface area (Å²) >= 11 is 0. The number of benzene rings is 1. The van der Waals surface area contributed by atoms with Gasteiger partial charge < -0.3 is 9.63 Å². The monoisotopic (exact) mass is 189 g/mol. The summed E-state index contributed by atoms with van der Waals surface area (Å²) in [5.41, 5.74) is 2.36. The third-order valence-electron chi connectivity index (χ3n) is 2.11. The van der Waals surface area contributed by atoms with E-state index in [0.717, 1.165) is 22.2 Å². The van der Waals surface area contributed by atoms with Gasteiger partial charge in [-0.15, -0.1) is 0 Å². The van der Waals surface area contributed by atoms with Gasteiger partial charge in [-0.25, -0.2) is 0 Å². The molecule has 0 spiro atoms. The Morgan fingerprint density at radius 1 is 1.43 bits per heavy atom. The van der Waals surface area contributed by atoms with Gasteiger partial charge in [-0.2, -0.15) is 0 Å². The zero-order valence-corrected chi connectivity index (χ0v) is 8.11. The van der Waals surface area contributed by atoms with Crippen LogP contribution in [0.5, 0.6) is 5.75 Å². The van der Waals surface area contributed by atoms with E-state index < -0.39 is 0 Å². The maximum absolute atomic E-state index is 9.48. The normalized spacial score (nSPS) is 11.6. The van der Waals surface area contributed by atoms with E-state index in [1.165, 1.54) is 0 Å². The number of rotatable bonds is 1. The summed E-state index contributed by atoms with van der Waals surface area (Å²) in [6.45, 7) is 3.77. The zero-order valence-electron chi connectivity index (χ0n) is 8.11. The molecule has 3 nitrogen and oxygen atoms in total. The van der Waals surface area contributed by atoms with Gasteiger partial charge in [0.15, 0.2) is 5.58 Å². The van der Waals surface area contributed by atoms with Crippen molar-refractivity contribution in [2.24, 2.45) is 0 Å². The summed E-state index contributed by atoms with van der Waals surface area (Å²) in [6.07, 6.45) is 3.78. The number of phenols is 1. The number of aromatic hydroxyl groups is 1. The van der Waals surface area contributed by atoms with E-state index in [4.69, 9.17) is 4.52 Å². The second-order valence-electron chi connectivity index (χ2n) is 3.18. The number of aromatic nitrogens is 1. The molecule has 0 aliphatic heterocycles. The summed E-state index contributed by atoms with van der Waals surface area (Å²) in [5.74, 6) is 0.233. The lowest BCUT2D eigenvalue weighted by Gasteiger charge is -1.96. The summed E-state index contributed by atoms with van der Waals surface area (Å²) < 4.78 is 5.18. The topological polar surface area (TPSA) is 46.3 Å². The quantitative estimate of drug-likeness (QED) is 0.750. The van der Waals surface area contributed by atoms with Crippen molar-refractivity contribution in [2.45, 2.75) is 13.8 Å². The molecule has 0 radical (unpaired) electrons. The summed E-state index contributed by atoms with van der Waals surface area (Å²) in [6, 6.07) is 3.32. The molecule has 0 fully saturated rings. The van der Waals surface area contributed by atoms with E-state index >= 15 is 0 Å². The predicted octanol–water partition coefficient (Wildman–Crippen LogP) is 2.87. The Kier molecular flexibility index (Phi) is 2.00. The van der Waals surface area contributed by atoms with Crippen LogP contribution in [0.2, 0.25) is 0 Å². The summed E-state index contributed by atoms with van der Waals surface area (Å²) in [7, 11) is 0. The van der Waals surface area contributed by atoms with Gasteiger partial charge >= 0.3 is 0 Å². The van der Waals surface area contributed by atoms with Crippen LogP contribution in [0.25, 0.3) is 17.0 Å². The average molecular weight is 189 g/mol. The lowest BCUT2D eigenvalue weighted by molar-refractivity contribution is 0.449. The molecule has 1 N–H and O–H groups in total. The molecule has 0 saturated heterocycles. The minimum absolute atomic E-state index is 0.233. The highest BCUT2D eigenvalue weighted by Crippen LogP contribution is 2.27. The Labute approximate surface area is 81.6 Å². The molecule has 0 aliphatic rings. The molecule has 2 rings (SSSR count). The number of hydrogen-bond acceptors (Lipinski definition) is 3. The Bertz CT molecular complexity index is 497. The first-order chi connectivity index (χ1) is 6.72. The molecule has 0 amide bonds. The number of fused-ring (bicyclic) bond motifs is 1. The predicted molar refractivity (Wildman–Crippen MR) is 55.1 cm³/mol. The molecule has 72 valence electrons. The summed E-state index contributed by atoms with van der Waals surface area (Å²) in [5, 5.41) is 14.2. The molecule has 0 aliphatic carbocycles. The molecule has 0 atom stereocenters. The molecule has 1 aromatic heterocycles. The largest absolute Gasteiger partial charge is 0.508 e. The van der Waals surface area contributed by atoms with Crippen molar-refractivity contribution >= 4 is 17.0 Å². The standard InChI is InChI=1S/C11H11NO2/c1-3-4-8-5-9(13)6-10-7(2)12-14-11(8)10/h3-6,13H,1-2H3. The Hall–Kier alpha value is -1.77. The van der Waals surface area contributed by atoms with Crippen molar-refractivity contribution in [3.63, 3.8) is 0 Å². The molecule has 14 heavy (non-hydrogen) atoms.